The third-order valence-corrected chi connectivity index (χ3v) is 4.96. The number of carbonyl (C=O) groups excluding carboxylic acids is 1. The summed E-state index contributed by atoms with van der Waals surface area (Å²) in [5.74, 6) is 0.363. The van der Waals surface area contributed by atoms with E-state index in [-0.39, 0.29) is 11.7 Å². The van der Waals surface area contributed by atoms with Gasteiger partial charge in [-0.15, -0.1) is 0 Å². The number of aryl methyl sites for hydroxylation is 2. The Kier molecular flexibility index (Phi) is 7.48. The van der Waals surface area contributed by atoms with Gasteiger partial charge in [0.25, 0.3) is 0 Å². The first-order chi connectivity index (χ1) is 10.9. The molecule has 0 spiro atoms. The van der Waals surface area contributed by atoms with Crippen LogP contribution in [0.2, 0.25) is 0 Å². The lowest BCUT2D eigenvalue weighted by Crippen LogP contribution is -2.12. The normalized spacial score (nSPS) is 14.5. The standard InChI is InChI=1S/C22H32O/c1-8-15(5)22(23)17(7)16(6)21(11-4)20-13-12-18(9-2)19(10-3)14-20/h11-15H,8-10H2,1-7H3/b17-16-,21-11+. The van der Waals surface area contributed by atoms with Gasteiger partial charge in [-0.3, -0.25) is 4.79 Å². The minimum Gasteiger partial charge on any atom is -0.294 e. The van der Waals surface area contributed by atoms with Gasteiger partial charge >= 0.3 is 0 Å². The Hall–Kier alpha value is -1.63. The Bertz CT molecular complexity index is 617. The lowest BCUT2D eigenvalue weighted by molar-refractivity contribution is -0.118. The molecule has 126 valence electrons. The van der Waals surface area contributed by atoms with Crippen LogP contribution in [0.5, 0.6) is 0 Å². The first kappa shape index (κ1) is 19.4. The van der Waals surface area contributed by atoms with E-state index >= 15 is 0 Å². The molecular weight excluding hydrogens is 280 g/mol. The van der Waals surface area contributed by atoms with Crippen LogP contribution in [-0.2, 0) is 17.6 Å². The molecule has 0 bridgehead atoms. The third kappa shape index (κ3) is 4.43. The Balaban J connectivity index is 3.31. The topological polar surface area (TPSA) is 17.1 Å². The van der Waals surface area contributed by atoms with Gasteiger partial charge in [-0.25, -0.2) is 0 Å². The molecule has 0 saturated carbocycles. The number of rotatable bonds is 7. The lowest BCUT2D eigenvalue weighted by atomic mass is 9.88. The summed E-state index contributed by atoms with van der Waals surface area (Å²) in [6, 6.07) is 6.72. The monoisotopic (exact) mass is 312 g/mol. The predicted octanol–water partition coefficient (Wildman–Crippen LogP) is 6.17. The van der Waals surface area contributed by atoms with Crippen molar-refractivity contribution in [1.29, 1.82) is 0 Å². The van der Waals surface area contributed by atoms with Crippen LogP contribution in [0.15, 0.2) is 35.4 Å². The summed E-state index contributed by atoms with van der Waals surface area (Å²) < 4.78 is 0. The van der Waals surface area contributed by atoms with E-state index < -0.39 is 0 Å². The maximum atomic E-state index is 12.5. The molecular formula is C22H32O. The molecule has 1 aromatic carbocycles. The van der Waals surface area contributed by atoms with Gasteiger partial charge in [0.05, 0.1) is 0 Å². The zero-order valence-corrected chi connectivity index (χ0v) is 15.9. The van der Waals surface area contributed by atoms with Gasteiger partial charge in [-0.05, 0) is 73.4 Å². The molecule has 0 aromatic heterocycles. The van der Waals surface area contributed by atoms with E-state index in [0.29, 0.717) is 0 Å². The molecule has 23 heavy (non-hydrogen) atoms. The second kappa shape index (κ2) is 8.86. The molecule has 1 atom stereocenters. The van der Waals surface area contributed by atoms with Crippen molar-refractivity contribution in [3.63, 3.8) is 0 Å². The van der Waals surface area contributed by atoms with E-state index in [1.807, 2.05) is 13.8 Å². The average Bonchev–Trinajstić information content (AvgIpc) is 2.59. The minimum atomic E-state index is 0.0942. The van der Waals surface area contributed by atoms with Crippen LogP contribution in [-0.4, -0.2) is 5.78 Å². The lowest BCUT2D eigenvalue weighted by Gasteiger charge is -2.16. The first-order valence-electron chi connectivity index (χ1n) is 8.91. The molecule has 0 amide bonds. The van der Waals surface area contributed by atoms with E-state index in [0.717, 1.165) is 30.4 Å². The molecule has 0 aliphatic rings. The van der Waals surface area contributed by atoms with Crippen LogP contribution in [0, 0.1) is 5.92 Å². The highest BCUT2D eigenvalue weighted by Gasteiger charge is 2.17. The van der Waals surface area contributed by atoms with Crippen LogP contribution >= 0.6 is 0 Å². The molecule has 1 heteroatoms. The molecule has 0 aliphatic carbocycles. The smallest absolute Gasteiger partial charge is 0.161 e. The van der Waals surface area contributed by atoms with Crippen LogP contribution in [0.1, 0.15) is 71.6 Å². The molecule has 0 aliphatic heterocycles. The minimum absolute atomic E-state index is 0.0942. The molecule has 1 rings (SSSR count). The Labute approximate surface area is 142 Å². The van der Waals surface area contributed by atoms with Crippen molar-refractivity contribution in [1.82, 2.24) is 0 Å². The summed E-state index contributed by atoms with van der Waals surface area (Å²) in [5, 5.41) is 0. The number of carbonyl (C=O) groups is 1. The second-order valence-corrected chi connectivity index (χ2v) is 6.32. The van der Waals surface area contributed by atoms with Crippen molar-refractivity contribution in [3.8, 4) is 0 Å². The maximum Gasteiger partial charge on any atom is 0.161 e. The summed E-state index contributed by atoms with van der Waals surface area (Å²) in [5.41, 5.74) is 7.21. The number of benzene rings is 1. The third-order valence-electron chi connectivity index (χ3n) is 4.96. The van der Waals surface area contributed by atoms with Gasteiger partial charge in [0.15, 0.2) is 5.78 Å². The van der Waals surface area contributed by atoms with Crippen molar-refractivity contribution >= 4 is 11.4 Å². The van der Waals surface area contributed by atoms with E-state index in [2.05, 4.69) is 58.9 Å². The summed E-state index contributed by atoms with van der Waals surface area (Å²) in [7, 11) is 0. The highest BCUT2D eigenvalue weighted by molar-refractivity contribution is 6.00. The van der Waals surface area contributed by atoms with Gasteiger partial charge in [-0.1, -0.05) is 52.0 Å². The van der Waals surface area contributed by atoms with Gasteiger partial charge in [0.1, 0.15) is 0 Å². The number of allylic oxidation sites excluding steroid dienone is 4. The predicted molar refractivity (Wildman–Crippen MR) is 102 cm³/mol. The molecule has 0 saturated heterocycles. The average molecular weight is 312 g/mol. The number of ketones is 1. The Morgan fingerprint density at radius 2 is 1.65 bits per heavy atom. The van der Waals surface area contributed by atoms with E-state index in [9.17, 15) is 4.79 Å². The molecule has 1 nitrogen and oxygen atoms in total. The van der Waals surface area contributed by atoms with Crippen molar-refractivity contribution in [3.05, 3.63) is 52.1 Å². The molecule has 0 heterocycles. The van der Waals surface area contributed by atoms with Crippen molar-refractivity contribution < 1.29 is 4.79 Å². The van der Waals surface area contributed by atoms with Crippen LogP contribution in [0.4, 0.5) is 0 Å². The highest BCUT2D eigenvalue weighted by Crippen LogP contribution is 2.29. The maximum absolute atomic E-state index is 12.5. The first-order valence-corrected chi connectivity index (χ1v) is 8.91. The van der Waals surface area contributed by atoms with E-state index in [1.54, 1.807) is 0 Å². The fourth-order valence-corrected chi connectivity index (χ4v) is 3.01. The largest absolute Gasteiger partial charge is 0.294 e. The summed E-state index contributed by atoms with van der Waals surface area (Å²) in [6.07, 6.45) is 5.12. The Morgan fingerprint density at radius 3 is 2.13 bits per heavy atom. The zero-order valence-electron chi connectivity index (χ0n) is 15.9. The quantitative estimate of drug-likeness (QED) is 0.435. The molecule has 0 fully saturated rings. The second-order valence-electron chi connectivity index (χ2n) is 6.32. The van der Waals surface area contributed by atoms with Crippen LogP contribution < -0.4 is 0 Å². The SMILES string of the molecule is C/C=C(\C(C)=C(\C)C(=O)C(C)CC)c1ccc(CC)c(CC)c1. The van der Waals surface area contributed by atoms with Crippen molar-refractivity contribution in [2.75, 3.05) is 0 Å². The van der Waals surface area contributed by atoms with E-state index in [1.165, 1.54) is 22.3 Å². The van der Waals surface area contributed by atoms with Gasteiger partial charge < -0.3 is 0 Å². The highest BCUT2D eigenvalue weighted by atomic mass is 16.1. The fourth-order valence-electron chi connectivity index (χ4n) is 3.01. The van der Waals surface area contributed by atoms with E-state index in [4.69, 9.17) is 0 Å². The van der Waals surface area contributed by atoms with Gasteiger partial charge in [-0.2, -0.15) is 0 Å². The van der Waals surface area contributed by atoms with Crippen LogP contribution in [0.3, 0.4) is 0 Å². The zero-order chi connectivity index (χ0) is 17.6. The summed E-state index contributed by atoms with van der Waals surface area (Å²) in [6.45, 7) is 14.6. The Morgan fingerprint density at radius 1 is 1.04 bits per heavy atom. The molecule has 1 aromatic rings. The number of Topliss-reactive ketones (excluding diaryl/α,β-unsaturated/α-hetero) is 1. The molecule has 0 radical (unpaired) electrons. The van der Waals surface area contributed by atoms with Gasteiger partial charge in [0, 0.05) is 5.92 Å². The number of hydrogen-bond donors (Lipinski definition) is 0. The molecule has 1 unspecified atom stereocenters. The van der Waals surface area contributed by atoms with Crippen molar-refractivity contribution in [2.24, 2.45) is 5.92 Å². The summed E-state index contributed by atoms with van der Waals surface area (Å²) >= 11 is 0. The molecule has 0 N–H and O–H groups in total. The van der Waals surface area contributed by atoms with Crippen LogP contribution in [0.25, 0.3) is 5.57 Å². The summed E-state index contributed by atoms with van der Waals surface area (Å²) in [4.78, 5) is 12.5. The number of hydrogen-bond acceptors (Lipinski definition) is 1. The van der Waals surface area contributed by atoms with Gasteiger partial charge in [0.2, 0.25) is 0 Å². The fraction of sp³-hybridized carbons (Fsp3) is 0.500. The van der Waals surface area contributed by atoms with Crippen molar-refractivity contribution in [2.45, 2.75) is 67.7 Å².